The number of rotatable bonds is 2. The van der Waals surface area contributed by atoms with Crippen molar-refractivity contribution < 1.29 is 9.90 Å². The fourth-order valence-corrected chi connectivity index (χ4v) is 4.39. The highest BCUT2D eigenvalue weighted by Crippen LogP contribution is 2.42. The first-order valence-corrected chi connectivity index (χ1v) is 7.93. The van der Waals surface area contributed by atoms with Crippen LogP contribution in [0.5, 0.6) is 0 Å². The van der Waals surface area contributed by atoms with Gasteiger partial charge in [0.25, 0.3) is 0 Å². The van der Waals surface area contributed by atoms with Gasteiger partial charge in [-0.15, -0.1) is 0 Å². The lowest BCUT2D eigenvalue weighted by atomic mass is 9.99. The highest BCUT2D eigenvalue weighted by atomic mass is 32.2. The average Bonchev–Trinajstić information content (AvgIpc) is 2.80. The van der Waals surface area contributed by atoms with Crippen LogP contribution >= 0.6 is 11.8 Å². The molecule has 3 rings (SSSR count). The highest BCUT2D eigenvalue weighted by molar-refractivity contribution is 8.00. The molecule has 1 aliphatic rings. The average molecular weight is 289 g/mol. The molecule has 20 heavy (non-hydrogen) atoms. The molecule has 0 amide bonds. The van der Waals surface area contributed by atoms with E-state index in [0.717, 1.165) is 29.5 Å². The van der Waals surface area contributed by atoms with Crippen molar-refractivity contribution in [3.05, 3.63) is 36.0 Å². The molecular weight excluding hydrogens is 270 g/mol. The van der Waals surface area contributed by atoms with Crippen molar-refractivity contribution in [1.29, 1.82) is 0 Å². The van der Waals surface area contributed by atoms with Crippen LogP contribution in [0, 0.1) is 0 Å². The van der Waals surface area contributed by atoms with Crippen LogP contribution in [0.2, 0.25) is 0 Å². The summed E-state index contributed by atoms with van der Waals surface area (Å²) in [6, 6.07) is 7.92. The van der Waals surface area contributed by atoms with Crippen LogP contribution < -0.4 is 0 Å². The Bertz CT molecular complexity index is 660. The quantitative estimate of drug-likeness (QED) is 0.901. The number of aromatic nitrogens is 1. The SMILES string of the molecule is CC1(C)CC(n2ccc3cccc(C(=O)O)c32)CCS1. The van der Waals surface area contributed by atoms with E-state index in [1.54, 1.807) is 6.07 Å². The van der Waals surface area contributed by atoms with E-state index in [-0.39, 0.29) is 4.75 Å². The maximum atomic E-state index is 11.5. The Morgan fingerprint density at radius 1 is 1.40 bits per heavy atom. The molecule has 1 saturated heterocycles. The summed E-state index contributed by atoms with van der Waals surface area (Å²) in [5.74, 6) is 0.284. The van der Waals surface area contributed by atoms with E-state index in [4.69, 9.17) is 0 Å². The summed E-state index contributed by atoms with van der Waals surface area (Å²) < 4.78 is 2.44. The van der Waals surface area contributed by atoms with Crippen LogP contribution in [-0.4, -0.2) is 26.1 Å². The maximum absolute atomic E-state index is 11.5. The van der Waals surface area contributed by atoms with Gasteiger partial charge in [0.1, 0.15) is 0 Å². The molecule has 0 bridgehead atoms. The van der Waals surface area contributed by atoms with Crippen molar-refractivity contribution in [3.63, 3.8) is 0 Å². The lowest BCUT2D eigenvalue weighted by Crippen LogP contribution is -2.28. The number of thioether (sulfide) groups is 1. The predicted octanol–water partition coefficient (Wildman–Crippen LogP) is 4.19. The molecular formula is C16H19NO2S. The van der Waals surface area contributed by atoms with Gasteiger partial charge >= 0.3 is 5.97 Å². The minimum absolute atomic E-state index is 0.262. The minimum atomic E-state index is -0.847. The standard InChI is InChI=1S/C16H19NO2S/c1-16(2)10-12(7-9-20-16)17-8-6-11-4-3-5-13(14(11)17)15(18)19/h3-6,8,12H,7,9-10H2,1-2H3,(H,18,19). The molecule has 0 aliphatic carbocycles. The van der Waals surface area contributed by atoms with Crippen molar-refractivity contribution in [2.75, 3.05) is 5.75 Å². The van der Waals surface area contributed by atoms with E-state index >= 15 is 0 Å². The number of aromatic carboxylic acids is 1. The van der Waals surface area contributed by atoms with Crippen LogP contribution in [0.25, 0.3) is 10.9 Å². The lowest BCUT2D eigenvalue weighted by molar-refractivity contribution is 0.0698. The number of nitrogens with zero attached hydrogens (tertiary/aromatic N) is 1. The first-order chi connectivity index (χ1) is 9.48. The van der Waals surface area contributed by atoms with E-state index in [1.807, 2.05) is 36.2 Å². The summed E-state index contributed by atoms with van der Waals surface area (Å²) in [5.41, 5.74) is 1.27. The first kappa shape index (κ1) is 13.6. The number of benzene rings is 1. The molecule has 1 aliphatic heterocycles. The monoisotopic (exact) mass is 289 g/mol. The summed E-state index contributed by atoms with van der Waals surface area (Å²) in [6.07, 6.45) is 4.23. The van der Waals surface area contributed by atoms with Gasteiger partial charge in [-0.3, -0.25) is 0 Å². The molecule has 3 nitrogen and oxygen atoms in total. The van der Waals surface area contributed by atoms with Gasteiger partial charge in [0.15, 0.2) is 0 Å². The summed E-state index contributed by atoms with van der Waals surface area (Å²) in [4.78, 5) is 11.5. The Kier molecular flexibility index (Phi) is 3.28. The lowest BCUT2D eigenvalue weighted by Gasteiger charge is -2.36. The summed E-state index contributed by atoms with van der Waals surface area (Å²) in [7, 11) is 0. The third kappa shape index (κ3) is 2.33. The van der Waals surface area contributed by atoms with Crippen molar-refractivity contribution in [2.45, 2.75) is 37.5 Å². The van der Waals surface area contributed by atoms with Crippen molar-refractivity contribution in [3.8, 4) is 0 Å². The van der Waals surface area contributed by atoms with Gasteiger partial charge in [-0.2, -0.15) is 11.8 Å². The van der Waals surface area contributed by atoms with Crippen molar-refractivity contribution >= 4 is 28.6 Å². The maximum Gasteiger partial charge on any atom is 0.337 e. The topological polar surface area (TPSA) is 42.2 Å². The van der Waals surface area contributed by atoms with Gasteiger partial charge in [0, 0.05) is 22.4 Å². The molecule has 1 aromatic carbocycles. The number of carboxylic acids is 1. The third-order valence-corrected chi connectivity index (χ3v) is 5.42. The zero-order valence-electron chi connectivity index (χ0n) is 11.8. The molecule has 0 saturated carbocycles. The Morgan fingerprint density at radius 3 is 2.90 bits per heavy atom. The predicted molar refractivity (Wildman–Crippen MR) is 83.7 cm³/mol. The minimum Gasteiger partial charge on any atom is -0.478 e. The first-order valence-electron chi connectivity index (χ1n) is 6.95. The van der Waals surface area contributed by atoms with Gasteiger partial charge in [0.05, 0.1) is 11.1 Å². The van der Waals surface area contributed by atoms with Crippen LogP contribution in [0.3, 0.4) is 0 Å². The largest absolute Gasteiger partial charge is 0.478 e. The van der Waals surface area contributed by atoms with Gasteiger partial charge in [-0.05, 0) is 30.7 Å². The van der Waals surface area contributed by atoms with E-state index in [2.05, 4.69) is 18.4 Å². The second kappa shape index (κ2) is 4.85. The third-order valence-electron chi connectivity index (χ3n) is 4.04. The molecule has 0 spiro atoms. The Balaban J connectivity index is 2.10. The summed E-state index contributed by atoms with van der Waals surface area (Å²) >= 11 is 2.01. The second-order valence-electron chi connectivity index (χ2n) is 6.03. The number of carbonyl (C=O) groups is 1. The molecule has 1 unspecified atom stereocenters. The molecule has 4 heteroatoms. The molecule has 1 atom stereocenters. The smallest absolute Gasteiger partial charge is 0.337 e. The van der Waals surface area contributed by atoms with Gasteiger partial charge in [-0.25, -0.2) is 4.79 Å². The van der Waals surface area contributed by atoms with Crippen LogP contribution in [0.4, 0.5) is 0 Å². The normalized spacial score (nSPS) is 22.0. The molecule has 106 valence electrons. The van der Waals surface area contributed by atoms with Crippen LogP contribution in [0.1, 0.15) is 43.1 Å². The number of fused-ring (bicyclic) bond motifs is 1. The molecule has 2 heterocycles. The van der Waals surface area contributed by atoms with Gasteiger partial charge < -0.3 is 9.67 Å². The Labute approximate surface area is 123 Å². The molecule has 2 aromatic rings. The van der Waals surface area contributed by atoms with Gasteiger partial charge in [-0.1, -0.05) is 26.0 Å². The van der Waals surface area contributed by atoms with E-state index in [0.29, 0.717) is 11.6 Å². The second-order valence-corrected chi connectivity index (χ2v) is 7.83. The van der Waals surface area contributed by atoms with Gasteiger partial charge in [0.2, 0.25) is 0 Å². The van der Waals surface area contributed by atoms with E-state index in [1.165, 1.54) is 0 Å². The Hall–Kier alpha value is -1.42. The van der Waals surface area contributed by atoms with Crippen LogP contribution in [-0.2, 0) is 0 Å². The molecule has 1 fully saturated rings. The van der Waals surface area contributed by atoms with E-state index < -0.39 is 5.97 Å². The van der Waals surface area contributed by atoms with E-state index in [9.17, 15) is 9.90 Å². The number of hydrogen-bond donors (Lipinski definition) is 1. The van der Waals surface area contributed by atoms with Crippen molar-refractivity contribution in [2.24, 2.45) is 0 Å². The van der Waals surface area contributed by atoms with Crippen LogP contribution in [0.15, 0.2) is 30.5 Å². The number of carboxylic acid groups (broad SMARTS) is 1. The summed E-state index contributed by atoms with van der Waals surface area (Å²) in [6.45, 7) is 4.54. The fraction of sp³-hybridized carbons (Fsp3) is 0.438. The molecule has 1 aromatic heterocycles. The molecule has 1 N–H and O–H groups in total. The zero-order valence-corrected chi connectivity index (χ0v) is 12.6. The van der Waals surface area contributed by atoms with Crippen molar-refractivity contribution in [1.82, 2.24) is 4.57 Å². The zero-order chi connectivity index (χ0) is 14.3. The number of hydrogen-bond acceptors (Lipinski definition) is 2. The Morgan fingerprint density at radius 2 is 2.20 bits per heavy atom. The fourth-order valence-electron chi connectivity index (χ4n) is 3.13. The molecule has 0 radical (unpaired) electrons. The number of para-hydroxylation sites is 1. The highest BCUT2D eigenvalue weighted by Gasteiger charge is 2.30. The summed E-state index contributed by atoms with van der Waals surface area (Å²) in [5, 5.41) is 10.4.